The van der Waals surface area contributed by atoms with Crippen LogP contribution in [0.4, 0.5) is 11.8 Å². The van der Waals surface area contributed by atoms with Gasteiger partial charge in [-0.05, 0) is 19.3 Å². The van der Waals surface area contributed by atoms with Crippen molar-refractivity contribution >= 4 is 38.3 Å². The van der Waals surface area contributed by atoms with Crippen LogP contribution in [-0.4, -0.2) is 61.9 Å². The number of imidazole rings is 1. The maximum atomic E-state index is 12.3. The quantitative estimate of drug-likeness (QED) is 0.0562. The number of nitrogens with two attached hydrogens (primary N) is 2. The summed E-state index contributed by atoms with van der Waals surface area (Å²) in [4.78, 5) is 31.8. The zero-order valence-corrected chi connectivity index (χ0v) is 28.1. The molecule has 2 atom stereocenters. The van der Waals surface area contributed by atoms with Crippen molar-refractivity contribution in [2.75, 3.05) is 44.1 Å². The molecule has 2 unspecified atom stereocenters. The first-order chi connectivity index (χ1) is 21.1. The van der Waals surface area contributed by atoms with Crippen molar-refractivity contribution < 1.29 is 37.2 Å². The lowest BCUT2D eigenvalue weighted by Gasteiger charge is -2.16. The summed E-state index contributed by atoms with van der Waals surface area (Å²) in [6.07, 6.45) is 19.7. The van der Waals surface area contributed by atoms with Crippen LogP contribution in [0, 0.1) is 0 Å². The fraction of sp³-hybridized carbons (Fsp3) is 0.821. The average Bonchev–Trinajstić information content (AvgIpc) is 3.36. The summed E-state index contributed by atoms with van der Waals surface area (Å²) in [5.41, 5.74) is 12.2. The third-order valence-corrected chi connectivity index (χ3v) is 10.3. The molecule has 2 rings (SSSR count). The largest absolute Gasteiger partial charge is 0.479 e. The number of fused-ring (bicyclic) bond motifs is 1. The van der Waals surface area contributed by atoms with E-state index < -0.39 is 21.6 Å². The molecule has 0 fully saturated rings. The number of unbranched alkanes of at least 4 members (excludes halogenated alkanes) is 13. The second kappa shape index (κ2) is 22.0. The van der Waals surface area contributed by atoms with Crippen molar-refractivity contribution in [1.82, 2.24) is 19.5 Å². The topological polar surface area (TPSA) is 207 Å². The Morgan fingerprint density at radius 2 is 1.32 bits per heavy atom. The summed E-state index contributed by atoms with van der Waals surface area (Å²) >= 11 is 0. The van der Waals surface area contributed by atoms with Crippen LogP contribution in [0.25, 0.3) is 11.2 Å². The molecular formula is C28H54N6O8P2. The third kappa shape index (κ3) is 17.2. The van der Waals surface area contributed by atoms with Gasteiger partial charge in [-0.15, -0.1) is 0 Å². The van der Waals surface area contributed by atoms with Crippen molar-refractivity contribution in [2.24, 2.45) is 0 Å². The van der Waals surface area contributed by atoms with Crippen molar-refractivity contribution in [3.8, 4) is 0 Å². The standard InChI is InChI=1S/C28H54N6O8P2/c1-2-3-4-5-6-7-8-9-10-11-12-13-14-15-18-39-19-16-21-41-44(37,38)42-43(35,36)22-17-20-40-24-34-23-31-25-26(29)32-28(30)33-27(25)34/h23H,2-22,24H2,1H3,(H,35,36)(H,37,38)(H4,29,30,32,33). The molecule has 2 aromatic rings. The van der Waals surface area contributed by atoms with E-state index >= 15 is 0 Å². The van der Waals surface area contributed by atoms with Crippen LogP contribution in [0.2, 0.25) is 0 Å². The summed E-state index contributed by atoms with van der Waals surface area (Å²) < 4.78 is 46.3. The first-order valence-corrected chi connectivity index (χ1v) is 19.3. The van der Waals surface area contributed by atoms with E-state index in [9.17, 15) is 18.9 Å². The second-order valence-corrected chi connectivity index (χ2v) is 14.6. The Hall–Kier alpha value is -1.63. The van der Waals surface area contributed by atoms with Crippen LogP contribution in [0.5, 0.6) is 0 Å². The lowest BCUT2D eigenvalue weighted by atomic mass is 10.0. The molecule has 0 saturated carbocycles. The number of hydrogen-bond acceptors (Lipinski definition) is 11. The van der Waals surface area contributed by atoms with Gasteiger partial charge in [0.2, 0.25) is 5.95 Å². The second-order valence-electron chi connectivity index (χ2n) is 11.1. The van der Waals surface area contributed by atoms with Crippen LogP contribution in [0.15, 0.2) is 6.33 Å². The van der Waals surface area contributed by atoms with Crippen molar-refractivity contribution in [3.05, 3.63) is 6.33 Å². The summed E-state index contributed by atoms with van der Waals surface area (Å²) in [5.74, 6) is 0.145. The minimum atomic E-state index is -4.70. The molecule has 6 N–H and O–H groups in total. The predicted molar refractivity (Wildman–Crippen MR) is 172 cm³/mol. The maximum absolute atomic E-state index is 12.3. The number of hydrogen-bond donors (Lipinski definition) is 4. The van der Waals surface area contributed by atoms with Gasteiger partial charge in [-0.3, -0.25) is 13.7 Å². The number of nitrogen functional groups attached to an aromatic ring is 2. The number of nitrogens with zero attached hydrogens (tertiary/aromatic N) is 4. The fourth-order valence-corrected chi connectivity index (χ4v) is 7.37. The maximum Gasteiger partial charge on any atom is 0.479 e. The van der Waals surface area contributed by atoms with Crippen LogP contribution in [0.3, 0.4) is 0 Å². The van der Waals surface area contributed by atoms with Crippen LogP contribution in [0.1, 0.15) is 110 Å². The van der Waals surface area contributed by atoms with Gasteiger partial charge in [-0.2, -0.15) is 9.97 Å². The van der Waals surface area contributed by atoms with Gasteiger partial charge in [-0.1, -0.05) is 90.4 Å². The Kier molecular flexibility index (Phi) is 19.3. The molecule has 0 radical (unpaired) electrons. The van der Waals surface area contributed by atoms with E-state index in [-0.39, 0.29) is 38.1 Å². The molecule has 14 nitrogen and oxygen atoms in total. The Morgan fingerprint density at radius 3 is 1.95 bits per heavy atom. The Labute approximate surface area is 261 Å². The molecule has 0 saturated heterocycles. The fourth-order valence-electron chi connectivity index (χ4n) is 4.67. The Balaban J connectivity index is 1.42. The molecule has 16 heteroatoms. The monoisotopic (exact) mass is 664 g/mol. The van der Waals surface area contributed by atoms with Crippen LogP contribution >= 0.6 is 15.4 Å². The zero-order chi connectivity index (χ0) is 32.1. The highest BCUT2D eigenvalue weighted by Crippen LogP contribution is 2.60. The average molecular weight is 665 g/mol. The van der Waals surface area contributed by atoms with E-state index in [1.165, 1.54) is 83.4 Å². The smallest absolute Gasteiger partial charge is 0.382 e. The predicted octanol–water partition coefficient (Wildman–Crippen LogP) is 6.56. The molecule has 0 aromatic carbocycles. The molecule has 0 spiro atoms. The van der Waals surface area contributed by atoms with Gasteiger partial charge < -0.3 is 30.7 Å². The molecule has 254 valence electrons. The summed E-state index contributed by atoms with van der Waals surface area (Å²) in [6, 6.07) is 0. The van der Waals surface area contributed by atoms with Gasteiger partial charge >= 0.3 is 15.4 Å². The molecular weight excluding hydrogens is 610 g/mol. The van der Waals surface area contributed by atoms with Gasteiger partial charge in [0.15, 0.2) is 11.5 Å². The van der Waals surface area contributed by atoms with E-state index in [0.717, 1.165) is 12.8 Å². The molecule has 44 heavy (non-hydrogen) atoms. The van der Waals surface area contributed by atoms with E-state index in [1.54, 1.807) is 4.57 Å². The number of anilines is 2. The van der Waals surface area contributed by atoms with Crippen molar-refractivity contribution in [3.63, 3.8) is 0 Å². The highest BCUT2D eigenvalue weighted by Gasteiger charge is 2.33. The van der Waals surface area contributed by atoms with Crippen LogP contribution < -0.4 is 11.5 Å². The normalized spacial score (nSPS) is 14.6. The summed E-state index contributed by atoms with van der Waals surface area (Å²) in [5, 5.41) is 0. The molecule has 0 amide bonds. The van der Waals surface area contributed by atoms with Gasteiger partial charge in [0.25, 0.3) is 0 Å². The van der Waals surface area contributed by atoms with E-state index in [4.69, 9.17) is 25.5 Å². The minimum absolute atomic E-state index is 0.00137. The zero-order valence-electron chi connectivity index (χ0n) is 26.3. The molecule has 2 aromatic heterocycles. The number of rotatable bonds is 28. The molecule has 2 heterocycles. The first kappa shape index (κ1) is 38.6. The summed E-state index contributed by atoms with van der Waals surface area (Å²) in [6.45, 7) is 3.22. The van der Waals surface area contributed by atoms with Crippen molar-refractivity contribution in [1.29, 1.82) is 0 Å². The van der Waals surface area contributed by atoms with Gasteiger partial charge in [0, 0.05) is 19.8 Å². The first-order valence-electron chi connectivity index (χ1n) is 16.0. The number of aromatic nitrogens is 4. The minimum Gasteiger partial charge on any atom is -0.382 e. The number of ether oxygens (including phenoxy) is 2. The van der Waals surface area contributed by atoms with Gasteiger partial charge in [0.1, 0.15) is 12.2 Å². The van der Waals surface area contributed by atoms with E-state index in [0.29, 0.717) is 30.8 Å². The Morgan fingerprint density at radius 1 is 0.750 bits per heavy atom. The SMILES string of the molecule is CCCCCCCCCCCCCCCCOCCCOP(=O)(O)OP(=O)(O)CCCOCn1cnc2c(N)nc(N)nc21. The number of phosphoric acid groups is 1. The lowest BCUT2D eigenvalue weighted by molar-refractivity contribution is 0.0792. The summed E-state index contributed by atoms with van der Waals surface area (Å²) in [7, 11) is -9.08. The molecule has 0 aliphatic heterocycles. The molecule has 0 aliphatic carbocycles. The number of phosphoric ester groups is 1. The molecule has 0 bridgehead atoms. The van der Waals surface area contributed by atoms with Crippen LogP contribution in [-0.2, 0) is 34.2 Å². The Bertz CT molecular complexity index is 1150. The highest BCUT2D eigenvalue weighted by molar-refractivity contribution is 7.64. The van der Waals surface area contributed by atoms with E-state index in [2.05, 4.69) is 26.2 Å². The molecule has 0 aliphatic rings. The van der Waals surface area contributed by atoms with Gasteiger partial charge in [-0.25, -0.2) is 13.9 Å². The van der Waals surface area contributed by atoms with E-state index in [1.807, 2.05) is 0 Å². The van der Waals surface area contributed by atoms with Gasteiger partial charge in [0.05, 0.1) is 19.1 Å². The third-order valence-electron chi connectivity index (χ3n) is 7.03. The highest BCUT2D eigenvalue weighted by atomic mass is 31.3. The lowest BCUT2D eigenvalue weighted by Crippen LogP contribution is -2.07. The van der Waals surface area contributed by atoms with Crippen molar-refractivity contribution in [2.45, 2.75) is 116 Å².